The van der Waals surface area contributed by atoms with Gasteiger partial charge in [0.2, 0.25) is 5.82 Å². The molecule has 1 saturated heterocycles. The standard InChI is InChI=1S/C24H29N5O3S/c1-15-21(32-14-25-15)22-26-27-23(28(22)3)33-9-5-8-29-12-18-11-24(18,13-29)17-6-7-20(31-4)19(10-17)16(2)30/h6-7,10,14,18H,5,8-9,11-13H2,1-4H3/t18-,24+/m1/s1. The van der Waals surface area contributed by atoms with E-state index >= 15 is 0 Å². The maximum Gasteiger partial charge on any atom is 0.202 e. The number of ether oxygens (including phenoxy) is 1. The van der Waals surface area contributed by atoms with Crippen LogP contribution in [0.4, 0.5) is 0 Å². The largest absolute Gasteiger partial charge is 0.496 e. The second kappa shape index (κ2) is 8.61. The summed E-state index contributed by atoms with van der Waals surface area (Å²) in [5, 5.41) is 9.49. The van der Waals surface area contributed by atoms with Crippen LogP contribution in [0.25, 0.3) is 11.6 Å². The number of carbonyl (C=O) groups is 1. The zero-order valence-corrected chi connectivity index (χ0v) is 20.3. The molecular weight excluding hydrogens is 438 g/mol. The number of rotatable bonds is 9. The molecule has 0 N–H and O–H groups in total. The lowest BCUT2D eigenvalue weighted by Gasteiger charge is -2.21. The van der Waals surface area contributed by atoms with E-state index < -0.39 is 0 Å². The minimum atomic E-state index is 0.0552. The molecule has 1 aliphatic carbocycles. The Kier molecular flexibility index (Phi) is 5.78. The lowest BCUT2D eigenvalue weighted by Crippen LogP contribution is -2.28. The first-order chi connectivity index (χ1) is 15.9. The molecule has 9 heteroatoms. The summed E-state index contributed by atoms with van der Waals surface area (Å²) in [7, 11) is 3.58. The Balaban J connectivity index is 1.16. The number of hydrogen-bond donors (Lipinski definition) is 0. The topological polar surface area (TPSA) is 86.3 Å². The molecule has 33 heavy (non-hydrogen) atoms. The van der Waals surface area contributed by atoms with Crippen molar-refractivity contribution in [2.45, 2.75) is 37.3 Å². The van der Waals surface area contributed by atoms with Crippen LogP contribution < -0.4 is 4.74 Å². The van der Waals surface area contributed by atoms with Gasteiger partial charge in [-0.3, -0.25) is 4.79 Å². The summed E-state index contributed by atoms with van der Waals surface area (Å²) in [5.41, 5.74) is 2.99. The third-order valence-electron chi connectivity index (χ3n) is 7.00. The number of nitrogens with zero attached hydrogens (tertiary/aromatic N) is 5. The first kappa shape index (κ1) is 22.2. The van der Waals surface area contributed by atoms with Gasteiger partial charge in [-0.1, -0.05) is 17.8 Å². The average Bonchev–Trinajstić information content (AvgIpc) is 3.10. The van der Waals surface area contributed by atoms with Gasteiger partial charge in [0.25, 0.3) is 0 Å². The Morgan fingerprint density at radius 2 is 2.21 bits per heavy atom. The molecule has 174 valence electrons. The lowest BCUT2D eigenvalue weighted by molar-refractivity contribution is 0.101. The highest BCUT2D eigenvalue weighted by atomic mass is 32.2. The fourth-order valence-electron chi connectivity index (χ4n) is 5.10. The van der Waals surface area contributed by atoms with Crippen LogP contribution in [0.2, 0.25) is 0 Å². The molecule has 2 fully saturated rings. The molecule has 0 radical (unpaired) electrons. The van der Waals surface area contributed by atoms with E-state index in [0.717, 1.165) is 42.7 Å². The summed E-state index contributed by atoms with van der Waals surface area (Å²) in [5.74, 6) is 3.76. The van der Waals surface area contributed by atoms with Crippen LogP contribution in [0.3, 0.4) is 0 Å². The maximum absolute atomic E-state index is 12.1. The van der Waals surface area contributed by atoms with Crippen molar-refractivity contribution < 1.29 is 13.9 Å². The zero-order chi connectivity index (χ0) is 23.2. The third kappa shape index (κ3) is 3.97. The van der Waals surface area contributed by atoms with Gasteiger partial charge in [-0.2, -0.15) is 0 Å². The lowest BCUT2D eigenvalue weighted by atomic mass is 9.92. The number of hydrogen-bond acceptors (Lipinski definition) is 8. The number of Topliss-reactive ketones (excluding diaryl/α,β-unsaturated/α-hetero) is 1. The first-order valence-electron chi connectivity index (χ1n) is 11.3. The Morgan fingerprint density at radius 3 is 2.94 bits per heavy atom. The summed E-state index contributed by atoms with van der Waals surface area (Å²) in [4.78, 5) is 18.8. The molecule has 0 bridgehead atoms. The predicted molar refractivity (Wildman–Crippen MR) is 126 cm³/mol. The number of aryl methyl sites for hydroxylation is 1. The van der Waals surface area contributed by atoms with Gasteiger partial charge in [-0.25, -0.2) is 4.98 Å². The van der Waals surface area contributed by atoms with Crippen molar-refractivity contribution in [2.24, 2.45) is 13.0 Å². The molecule has 1 saturated carbocycles. The average molecular weight is 468 g/mol. The Labute approximate surface area is 197 Å². The quantitative estimate of drug-likeness (QED) is 0.267. The number of thioether (sulfide) groups is 1. The summed E-state index contributed by atoms with van der Waals surface area (Å²) in [6.07, 6.45) is 3.73. The van der Waals surface area contributed by atoms with Gasteiger partial charge in [0.05, 0.1) is 18.4 Å². The van der Waals surface area contributed by atoms with Crippen molar-refractivity contribution in [3.05, 3.63) is 41.4 Å². The summed E-state index contributed by atoms with van der Waals surface area (Å²) < 4.78 is 12.8. The Morgan fingerprint density at radius 1 is 1.36 bits per heavy atom. The summed E-state index contributed by atoms with van der Waals surface area (Å²) >= 11 is 1.72. The van der Waals surface area contributed by atoms with Gasteiger partial charge in [0.1, 0.15) is 5.75 Å². The summed E-state index contributed by atoms with van der Waals surface area (Å²) in [6, 6.07) is 6.15. The molecule has 1 aliphatic heterocycles. The molecule has 0 spiro atoms. The predicted octanol–water partition coefficient (Wildman–Crippen LogP) is 3.75. The van der Waals surface area contributed by atoms with Crippen LogP contribution in [0.1, 0.15) is 41.4 Å². The molecule has 2 atom stereocenters. The Hall–Kier alpha value is -2.65. The van der Waals surface area contributed by atoms with Gasteiger partial charge in [-0.05, 0) is 56.8 Å². The highest BCUT2D eigenvalue weighted by molar-refractivity contribution is 7.99. The second-order valence-corrected chi connectivity index (χ2v) is 10.2. The number of methoxy groups -OCH3 is 1. The van der Waals surface area contributed by atoms with Crippen molar-refractivity contribution in [1.82, 2.24) is 24.6 Å². The number of piperidine rings is 1. The van der Waals surface area contributed by atoms with E-state index in [1.54, 1.807) is 25.8 Å². The fraction of sp³-hybridized carbons (Fsp3) is 0.500. The van der Waals surface area contributed by atoms with E-state index in [2.05, 4.69) is 32.2 Å². The smallest absolute Gasteiger partial charge is 0.202 e. The van der Waals surface area contributed by atoms with Crippen LogP contribution in [0, 0.1) is 12.8 Å². The fourth-order valence-corrected chi connectivity index (χ4v) is 5.94. The molecule has 3 aromatic rings. The molecule has 2 aliphatic rings. The van der Waals surface area contributed by atoms with Crippen LogP contribution in [-0.4, -0.2) is 62.9 Å². The van der Waals surface area contributed by atoms with Crippen molar-refractivity contribution in [3.8, 4) is 17.3 Å². The SMILES string of the molecule is COc1ccc([C@@]23C[C@@H]2CN(CCCSc2nnc(-c4ocnc4C)n2C)C3)cc1C(C)=O. The van der Waals surface area contributed by atoms with Crippen LogP contribution in [0.5, 0.6) is 5.75 Å². The molecular formula is C24H29N5O3S. The Bertz CT molecular complexity index is 1190. The van der Waals surface area contributed by atoms with Gasteiger partial charge < -0.3 is 18.6 Å². The minimum Gasteiger partial charge on any atom is -0.496 e. The van der Waals surface area contributed by atoms with Crippen LogP contribution >= 0.6 is 11.8 Å². The molecule has 3 heterocycles. The monoisotopic (exact) mass is 467 g/mol. The molecule has 8 nitrogen and oxygen atoms in total. The molecule has 1 aromatic carbocycles. The van der Waals surface area contributed by atoms with Crippen molar-refractivity contribution in [3.63, 3.8) is 0 Å². The molecule has 0 amide bonds. The zero-order valence-electron chi connectivity index (χ0n) is 19.5. The van der Waals surface area contributed by atoms with E-state index in [1.165, 1.54) is 18.4 Å². The molecule has 2 aromatic heterocycles. The van der Waals surface area contributed by atoms with Gasteiger partial charge >= 0.3 is 0 Å². The number of benzene rings is 1. The van der Waals surface area contributed by atoms with Gasteiger partial charge in [0, 0.05) is 31.3 Å². The van der Waals surface area contributed by atoms with Crippen LogP contribution in [0.15, 0.2) is 34.2 Å². The second-order valence-electron chi connectivity index (χ2n) is 9.10. The van der Waals surface area contributed by atoms with E-state index in [0.29, 0.717) is 28.8 Å². The minimum absolute atomic E-state index is 0.0552. The van der Waals surface area contributed by atoms with Gasteiger partial charge in [-0.15, -0.1) is 10.2 Å². The normalized spacial score (nSPS) is 21.9. The first-order valence-corrected chi connectivity index (χ1v) is 12.3. The number of ketones is 1. The number of likely N-dealkylation sites (tertiary alicyclic amines) is 1. The highest BCUT2D eigenvalue weighted by Gasteiger charge is 2.60. The molecule has 5 rings (SSSR count). The van der Waals surface area contributed by atoms with E-state index in [-0.39, 0.29) is 11.2 Å². The maximum atomic E-state index is 12.1. The van der Waals surface area contributed by atoms with E-state index in [4.69, 9.17) is 9.15 Å². The van der Waals surface area contributed by atoms with Crippen molar-refractivity contribution in [1.29, 1.82) is 0 Å². The van der Waals surface area contributed by atoms with Crippen LogP contribution in [-0.2, 0) is 12.5 Å². The van der Waals surface area contributed by atoms with E-state index in [1.807, 2.05) is 24.6 Å². The van der Waals surface area contributed by atoms with Crippen molar-refractivity contribution >= 4 is 17.5 Å². The number of fused-ring (bicyclic) bond motifs is 1. The molecule has 0 unspecified atom stereocenters. The number of aromatic nitrogens is 4. The van der Waals surface area contributed by atoms with E-state index in [9.17, 15) is 4.79 Å². The summed E-state index contributed by atoms with van der Waals surface area (Å²) in [6.45, 7) is 6.76. The highest BCUT2D eigenvalue weighted by Crippen LogP contribution is 2.59. The number of oxazole rings is 1. The number of carbonyl (C=O) groups excluding carboxylic acids is 1. The van der Waals surface area contributed by atoms with Crippen molar-refractivity contribution in [2.75, 3.05) is 32.5 Å². The van der Waals surface area contributed by atoms with Gasteiger partial charge in [0.15, 0.2) is 23.1 Å². The third-order valence-corrected chi connectivity index (χ3v) is 8.11.